The average Bonchev–Trinajstić information content (AvgIpc) is 3.19. The second-order valence-corrected chi connectivity index (χ2v) is 5.84. The third kappa shape index (κ3) is 3.74. The van der Waals surface area contributed by atoms with E-state index in [9.17, 15) is 0 Å². The van der Waals surface area contributed by atoms with Gasteiger partial charge in [-0.25, -0.2) is 0 Å². The van der Waals surface area contributed by atoms with E-state index in [0.29, 0.717) is 0 Å². The van der Waals surface area contributed by atoms with Crippen LogP contribution in [-0.4, -0.2) is 19.2 Å². The zero-order valence-electron chi connectivity index (χ0n) is 11.8. The van der Waals surface area contributed by atoms with Crippen LogP contribution in [0.2, 0.25) is 0 Å². The van der Waals surface area contributed by atoms with Crippen LogP contribution in [0.25, 0.3) is 0 Å². The molecule has 0 radical (unpaired) electrons. The van der Waals surface area contributed by atoms with Crippen LogP contribution < -0.4 is 10.1 Å². The highest BCUT2D eigenvalue weighted by molar-refractivity contribution is 5.31. The Morgan fingerprint density at radius 1 is 1.22 bits per heavy atom. The van der Waals surface area contributed by atoms with E-state index in [1.807, 2.05) is 0 Å². The van der Waals surface area contributed by atoms with Gasteiger partial charge in [0.1, 0.15) is 12.4 Å². The third-order valence-electron chi connectivity index (χ3n) is 3.90. The van der Waals surface area contributed by atoms with Gasteiger partial charge in [0.05, 0.1) is 0 Å². The lowest BCUT2D eigenvalue weighted by Gasteiger charge is -2.23. The highest BCUT2D eigenvalue weighted by Crippen LogP contribution is 2.28. The van der Waals surface area contributed by atoms with Crippen molar-refractivity contribution in [3.63, 3.8) is 0 Å². The second kappa shape index (κ2) is 5.75. The van der Waals surface area contributed by atoms with Gasteiger partial charge in [-0.3, -0.25) is 0 Å². The molecule has 0 aromatic heterocycles. The van der Waals surface area contributed by atoms with Crippen molar-refractivity contribution in [2.24, 2.45) is 0 Å². The summed E-state index contributed by atoms with van der Waals surface area (Å²) in [6, 6.07) is 9.31. The summed E-state index contributed by atoms with van der Waals surface area (Å²) in [6.07, 6.45) is 3.82. The van der Waals surface area contributed by atoms with Crippen molar-refractivity contribution < 1.29 is 4.74 Å². The molecule has 0 unspecified atom stereocenters. The third-order valence-corrected chi connectivity index (χ3v) is 3.90. The summed E-state index contributed by atoms with van der Waals surface area (Å²) < 4.78 is 5.72. The molecule has 0 amide bonds. The molecule has 1 saturated carbocycles. The first-order valence-corrected chi connectivity index (χ1v) is 7.08. The Kier molecular flexibility index (Phi) is 4.28. The number of nitrogens with one attached hydrogen (secondary N) is 1. The van der Waals surface area contributed by atoms with Crippen LogP contribution in [-0.2, 0) is 5.41 Å². The van der Waals surface area contributed by atoms with Gasteiger partial charge in [0.25, 0.3) is 0 Å². The number of hydrogen-bond donors (Lipinski definition) is 1. The van der Waals surface area contributed by atoms with Crippen LogP contribution >= 0.6 is 0 Å². The van der Waals surface area contributed by atoms with Gasteiger partial charge in [-0.15, -0.1) is 0 Å². The Hall–Kier alpha value is -1.02. The van der Waals surface area contributed by atoms with Crippen LogP contribution in [0.3, 0.4) is 0 Å². The van der Waals surface area contributed by atoms with E-state index in [1.54, 1.807) is 0 Å². The normalized spacial score (nSPS) is 15.7. The topological polar surface area (TPSA) is 21.3 Å². The first kappa shape index (κ1) is 13.4. The van der Waals surface area contributed by atoms with Gasteiger partial charge in [0.2, 0.25) is 0 Å². The van der Waals surface area contributed by atoms with Crippen molar-refractivity contribution in [1.82, 2.24) is 5.32 Å². The summed E-state index contributed by atoms with van der Waals surface area (Å²) in [6.45, 7) is 8.50. The molecular formula is C16H25NO. The summed E-state index contributed by atoms with van der Waals surface area (Å²) in [5, 5.41) is 3.45. The zero-order chi connectivity index (χ0) is 13.0. The van der Waals surface area contributed by atoms with Crippen LogP contribution in [0.15, 0.2) is 24.3 Å². The van der Waals surface area contributed by atoms with E-state index >= 15 is 0 Å². The summed E-state index contributed by atoms with van der Waals surface area (Å²) in [5.74, 6) is 0.975. The van der Waals surface area contributed by atoms with Crippen LogP contribution in [0, 0.1) is 0 Å². The smallest absolute Gasteiger partial charge is 0.119 e. The first-order chi connectivity index (χ1) is 8.62. The Morgan fingerprint density at radius 3 is 2.44 bits per heavy atom. The molecule has 2 rings (SSSR count). The fourth-order valence-electron chi connectivity index (χ4n) is 1.93. The predicted molar refractivity (Wildman–Crippen MR) is 76.3 cm³/mol. The van der Waals surface area contributed by atoms with Crippen molar-refractivity contribution in [2.45, 2.75) is 51.5 Å². The Balaban J connectivity index is 1.79. The summed E-state index contributed by atoms with van der Waals surface area (Å²) in [5.41, 5.74) is 1.64. The fourth-order valence-corrected chi connectivity index (χ4v) is 1.93. The largest absolute Gasteiger partial charge is 0.492 e. The molecule has 1 N–H and O–H groups in total. The summed E-state index contributed by atoms with van der Waals surface area (Å²) in [7, 11) is 0. The Bertz CT molecular complexity index is 365. The molecule has 0 atom stereocenters. The highest BCUT2D eigenvalue weighted by Gasteiger charge is 2.19. The minimum absolute atomic E-state index is 0.256. The van der Waals surface area contributed by atoms with Crippen molar-refractivity contribution in [3.05, 3.63) is 29.8 Å². The minimum atomic E-state index is 0.256. The van der Waals surface area contributed by atoms with Gasteiger partial charge in [-0.1, -0.05) is 32.9 Å². The highest BCUT2D eigenvalue weighted by atomic mass is 16.5. The lowest BCUT2D eigenvalue weighted by Crippen LogP contribution is -2.22. The molecule has 1 fully saturated rings. The van der Waals surface area contributed by atoms with E-state index in [1.165, 1.54) is 18.4 Å². The van der Waals surface area contributed by atoms with Gasteiger partial charge in [0.15, 0.2) is 0 Å². The van der Waals surface area contributed by atoms with Crippen molar-refractivity contribution in [3.8, 4) is 5.75 Å². The molecule has 2 heteroatoms. The maximum Gasteiger partial charge on any atom is 0.119 e. The van der Waals surface area contributed by atoms with Crippen LogP contribution in [0.5, 0.6) is 5.75 Å². The Labute approximate surface area is 111 Å². The molecule has 1 aromatic rings. The SMILES string of the molecule is CCC(C)(C)c1ccc(OCCNC2CC2)cc1. The van der Waals surface area contributed by atoms with Gasteiger partial charge >= 0.3 is 0 Å². The molecule has 0 heterocycles. The van der Waals surface area contributed by atoms with Crippen LogP contribution in [0.1, 0.15) is 45.6 Å². The molecule has 1 aromatic carbocycles. The molecule has 18 heavy (non-hydrogen) atoms. The van der Waals surface area contributed by atoms with E-state index in [-0.39, 0.29) is 5.41 Å². The fraction of sp³-hybridized carbons (Fsp3) is 0.625. The van der Waals surface area contributed by atoms with E-state index in [4.69, 9.17) is 4.74 Å². The quantitative estimate of drug-likeness (QED) is 0.745. The van der Waals surface area contributed by atoms with Gasteiger partial charge in [-0.2, -0.15) is 0 Å². The Morgan fingerprint density at radius 2 is 1.89 bits per heavy atom. The molecule has 2 nitrogen and oxygen atoms in total. The zero-order valence-corrected chi connectivity index (χ0v) is 11.8. The summed E-state index contributed by atoms with van der Waals surface area (Å²) >= 11 is 0. The lowest BCUT2D eigenvalue weighted by molar-refractivity contribution is 0.313. The van der Waals surface area contributed by atoms with E-state index < -0.39 is 0 Å². The maximum absolute atomic E-state index is 5.72. The minimum Gasteiger partial charge on any atom is -0.492 e. The average molecular weight is 247 g/mol. The maximum atomic E-state index is 5.72. The molecule has 0 saturated heterocycles. The van der Waals surface area contributed by atoms with Crippen molar-refractivity contribution in [2.75, 3.05) is 13.2 Å². The molecule has 0 spiro atoms. The van der Waals surface area contributed by atoms with Crippen molar-refractivity contribution >= 4 is 0 Å². The first-order valence-electron chi connectivity index (χ1n) is 7.08. The second-order valence-electron chi connectivity index (χ2n) is 5.84. The molecule has 1 aliphatic carbocycles. The van der Waals surface area contributed by atoms with Crippen molar-refractivity contribution in [1.29, 1.82) is 0 Å². The number of ether oxygens (including phenoxy) is 1. The van der Waals surface area contributed by atoms with Gasteiger partial charge < -0.3 is 10.1 Å². The lowest BCUT2D eigenvalue weighted by atomic mass is 9.82. The predicted octanol–water partition coefficient (Wildman–Crippen LogP) is 3.51. The number of rotatable bonds is 7. The van der Waals surface area contributed by atoms with Gasteiger partial charge in [-0.05, 0) is 42.4 Å². The molecular weight excluding hydrogens is 222 g/mol. The number of benzene rings is 1. The molecule has 100 valence electrons. The monoisotopic (exact) mass is 247 g/mol. The molecule has 0 aliphatic heterocycles. The molecule has 1 aliphatic rings. The molecule has 0 bridgehead atoms. The standard InChI is InChI=1S/C16H25NO/c1-4-16(2,3)13-5-9-15(10-6-13)18-12-11-17-14-7-8-14/h5-6,9-10,14,17H,4,7-8,11-12H2,1-3H3. The van der Waals surface area contributed by atoms with E-state index in [0.717, 1.165) is 31.4 Å². The number of hydrogen-bond acceptors (Lipinski definition) is 2. The van der Waals surface area contributed by atoms with Gasteiger partial charge in [0, 0.05) is 12.6 Å². The van der Waals surface area contributed by atoms with Crippen LogP contribution in [0.4, 0.5) is 0 Å². The summed E-state index contributed by atoms with van der Waals surface area (Å²) in [4.78, 5) is 0. The van der Waals surface area contributed by atoms with E-state index in [2.05, 4.69) is 50.4 Å².